The second-order valence-corrected chi connectivity index (χ2v) is 7.25. The second kappa shape index (κ2) is 9.05. The molecule has 0 saturated carbocycles. The molecular weight excluding hydrogens is 626 g/mol. The first kappa shape index (κ1) is 24.6. The van der Waals surface area contributed by atoms with E-state index in [1.165, 1.54) is 18.5 Å². The van der Waals surface area contributed by atoms with E-state index in [1.807, 2.05) is 0 Å². The van der Waals surface area contributed by atoms with Gasteiger partial charge in [0.05, 0.1) is 17.2 Å². The van der Waals surface area contributed by atoms with E-state index in [-0.39, 0.29) is 38.1 Å². The molecule has 0 N–H and O–H groups in total. The molecule has 0 bridgehead atoms. The monoisotopic (exact) mass is 639 g/mol. The van der Waals surface area contributed by atoms with Crippen molar-refractivity contribution in [2.75, 3.05) is 0 Å². The van der Waals surface area contributed by atoms with Crippen LogP contribution in [0.1, 0.15) is 30.9 Å². The summed E-state index contributed by atoms with van der Waals surface area (Å²) in [5.74, 6) is -1.97. The molecule has 12 heteroatoms. The molecule has 0 fully saturated rings. The van der Waals surface area contributed by atoms with Crippen LogP contribution in [0.15, 0.2) is 42.7 Å². The van der Waals surface area contributed by atoms with Gasteiger partial charge in [0.2, 0.25) is 0 Å². The first-order valence-electron chi connectivity index (χ1n) is 9.15. The van der Waals surface area contributed by atoms with Crippen LogP contribution in [0.25, 0.3) is 17.1 Å². The van der Waals surface area contributed by atoms with E-state index in [9.17, 15) is 22.0 Å². The van der Waals surface area contributed by atoms with Gasteiger partial charge in [-0.05, 0) is 19.9 Å². The number of pyridine rings is 2. The average molecular weight is 639 g/mol. The average Bonchev–Trinajstić information content (AvgIpc) is 3.25. The zero-order valence-corrected chi connectivity index (χ0v) is 19.2. The first-order chi connectivity index (χ1) is 15.1. The molecule has 4 rings (SSSR count). The third kappa shape index (κ3) is 4.98. The Morgan fingerprint density at radius 3 is 2.33 bits per heavy atom. The van der Waals surface area contributed by atoms with Crippen molar-refractivity contribution in [3.63, 3.8) is 0 Å². The summed E-state index contributed by atoms with van der Waals surface area (Å²) < 4.78 is 66.6. The van der Waals surface area contributed by atoms with Crippen LogP contribution in [-0.4, -0.2) is 29.7 Å². The Morgan fingerprint density at radius 2 is 1.67 bits per heavy atom. The molecule has 0 radical (unpaired) electrons. The van der Waals surface area contributed by atoms with Crippen molar-refractivity contribution < 1.29 is 43.0 Å². The zero-order valence-electron chi connectivity index (χ0n) is 16.9. The summed E-state index contributed by atoms with van der Waals surface area (Å²) in [5, 5.41) is 3.48. The number of hydrogen-bond donors (Lipinski definition) is 0. The van der Waals surface area contributed by atoms with E-state index < -0.39 is 29.2 Å². The van der Waals surface area contributed by atoms with Crippen LogP contribution in [0, 0.1) is 24.2 Å². The topological polar surface area (TPSA) is 69.4 Å². The van der Waals surface area contributed by atoms with Crippen molar-refractivity contribution in [3.8, 4) is 17.1 Å². The SMILES string of the molecule is CC(C)(c1cncc(-c2[c-]cc(F)nc2F)n1)c1cccc(-n2[c-]cc(C(F)(F)F)n2)n1.[Pt+2]. The molecule has 0 saturated heterocycles. The standard InChI is InChI=1S/C21H13F5N6.Pt/c1-20(2,16-11-27-10-13(28-16)12-6-7-17(22)30-19(12)23)14-4-3-5-18(29-14)32-9-8-15(31-32)21(24,25)26;/h3-5,7-8,10-11H,1-2H3;/q-2;+2. The Balaban J connectivity index is 0.00000306. The van der Waals surface area contributed by atoms with Gasteiger partial charge in [-0.2, -0.15) is 13.2 Å². The Hall–Kier alpha value is -3.07. The Labute approximate surface area is 199 Å². The molecule has 0 spiro atoms. The summed E-state index contributed by atoms with van der Waals surface area (Å²) in [4.78, 5) is 16.0. The van der Waals surface area contributed by atoms with Crippen LogP contribution in [0.3, 0.4) is 0 Å². The molecule has 6 nitrogen and oxygen atoms in total. The van der Waals surface area contributed by atoms with Crippen LogP contribution in [0.4, 0.5) is 22.0 Å². The van der Waals surface area contributed by atoms with Gasteiger partial charge in [-0.15, -0.1) is 12.1 Å². The van der Waals surface area contributed by atoms with Crippen molar-refractivity contribution in [1.82, 2.24) is 29.7 Å². The number of rotatable bonds is 4. The van der Waals surface area contributed by atoms with E-state index in [4.69, 9.17) is 0 Å². The minimum absolute atomic E-state index is 0. The van der Waals surface area contributed by atoms with E-state index in [2.05, 4.69) is 37.3 Å². The van der Waals surface area contributed by atoms with Gasteiger partial charge in [0, 0.05) is 29.2 Å². The maximum absolute atomic E-state index is 14.1. The molecule has 0 aliphatic heterocycles. The smallest absolute Gasteiger partial charge is 0.343 e. The van der Waals surface area contributed by atoms with E-state index in [0.29, 0.717) is 11.4 Å². The maximum Gasteiger partial charge on any atom is 2.00 e. The van der Waals surface area contributed by atoms with Crippen molar-refractivity contribution in [1.29, 1.82) is 0 Å². The molecular formula is C21H13F5N6Pt. The van der Waals surface area contributed by atoms with Gasteiger partial charge in [-0.3, -0.25) is 25.0 Å². The second-order valence-electron chi connectivity index (χ2n) is 7.25. The van der Waals surface area contributed by atoms with Crippen molar-refractivity contribution in [2.45, 2.75) is 25.4 Å². The minimum Gasteiger partial charge on any atom is -0.343 e. The van der Waals surface area contributed by atoms with E-state index in [1.54, 1.807) is 26.0 Å². The molecule has 0 amide bonds. The molecule has 4 aromatic rings. The third-order valence-electron chi connectivity index (χ3n) is 4.69. The predicted molar refractivity (Wildman–Crippen MR) is 101 cm³/mol. The Morgan fingerprint density at radius 1 is 0.909 bits per heavy atom. The van der Waals surface area contributed by atoms with E-state index >= 15 is 0 Å². The van der Waals surface area contributed by atoms with Crippen molar-refractivity contribution in [2.24, 2.45) is 0 Å². The fraction of sp³-hybridized carbons (Fsp3) is 0.190. The molecule has 0 atom stereocenters. The molecule has 0 aromatic carbocycles. The maximum atomic E-state index is 14.1. The summed E-state index contributed by atoms with van der Waals surface area (Å²) in [6.45, 7) is 3.54. The molecule has 4 aromatic heterocycles. The van der Waals surface area contributed by atoms with Crippen LogP contribution >= 0.6 is 0 Å². The summed E-state index contributed by atoms with van der Waals surface area (Å²) >= 11 is 0. The molecule has 0 aliphatic rings. The van der Waals surface area contributed by atoms with Gasteiger partial charge in [0.15, 0.2) is 0 Å². The van der Waals surface area contributed by atoms with Crippen molar-refractivity contribution in [3.05, 3.63) is 84.0 Å². The molecule has 33 heavy (non-hydrogen) atoms. The normalized spacial score (nSPS) is 11.8. The minimum atomic E-state index is -4.60. The quantitative estimate of drug-likeness (QED) is 0.189. The zero-order chi connectivity index (χ0) is 23.1. The molecule has 0 unspecified atom stereocenters. The summed E-state index contributed by atoms with van der Waals surface area (Å²) in [7, 11) is 0. The third-order valence-corrected chi connectivity index (χ3v) is 4.69. The van der Waals surface area contributed by atoms with Gasteiger partial charge in [-0.25, -0.2) is 8.78 Å². The summed E-state index contributed by atoms with van der Waals surface area (Å²) in [5.41, 5.74) is -1.20. The van der Waals surface area contributed by atoms with E-state index in [0.717, 1.165) is 16.8 Å². The number of hydrogen-bond acceptors (Lipinski definition) is 5. The number of alkyl halides is 3. The molecule has 172 valence electrons. The largest absolute Gasteiger partial charge is 2.00 e. The van der Waals surface area contributed by atoms with Gasteiger partial charge >= 0.3 is 27.2 Å². The summed E-state index contributed by atoms with van der Waals surface area (Å²) in [6, 6.07) is 8.83. The Bertz CT molecular complexity index is 1290. The first-order valence-corrected chi connectivity index (χ1v) is 9.15. The van der Waals surface area contributed by atoms with Crippen LogP contribution < -0.4 is 0 Å². The predicted octanol–water partition coefficient (Wildman–Crippen LogP) is 4.34. The van der Waals surface area contributed by atoms with Gasteiger partial charge < -0.3 is 4.68 Å². The molecule has 4 heterocycles. The number of nitrogens with zero attached hydrogens (tertiary/aromatic N) is 6. The van der Waals surface area contributed by atoms with Crippen LogP contribution in [0.2, 0.25) is 0 Å². The van der Waals surface area contributed by atoms with Crippen LogP contribution in [-0.2, 0) is 32.7 Å². The number of aromatic nitrogens is 6. The van der Waals surface area contributed by atoms with Gasteiger partial charge in [-0.1, -0.05) is 30.0 Å². The summed E-state index contributed by atoms with van der Waals surface area (Å²) in [6.07, 6.45) is 0.539. The number of halogens is 5. The van der Waals surface area contributed by atoms with Gasteiger partial charge in [0.1, 0.15) is 11.9 Å². The molecule has 0 aliphatic carbocycles. The Kier molecular flexibility index (Phi) is 6.74. The fourth-order valence-electron chi connectivity index (χ4n) is 2.90. The fourth-order valence-corrected chi connectivity index (χ4v) is 2.90. The van der Waals surface area contributed by atoms with Crippen LogP contribution in [0.5, 0.6) is 0 Å². The van der Waals surface area contributed by atoms with Gasteiger partial charge in [0.25, 0.3) is 0 Å². The van der Waals surface area contributed by atoms with Crippen molar-refractivity contribution >= 4 is 0 Å².